The first-order valence-electron chi connectivity index (χ1n) is 5.70. The summed E-state index contributed by atoms with van der Waals surface area (Å²) >= 11 is 1.43. The van der Waals surface area contributed by atoms with Gasteiger partial charge < -0.3 is 5.11 Å². The Bertz CT molecular complexity index is 872. The summed E-state index contributed by atoms with van der Waals surface area (Å²) in [6, 6.07) is 10.9. The first-order valence-corrected chi connectivity index (χ1v) is 8.07. The van der Waals surface area contributed by atoms with Crippen LogP contribution in [0.4, 0.5) is 5.69 Å². The summed E-state index contributed by atoms with van der Waals surface area (Å²) in [5.74, 6) is -0.279. The van der Waals surface area contributed by atoms with Crippen molar-refractivity contribution in [2.75, 3.05) is 4.72 Å². The van der Waals surface area contributed by atoms with Crippen LogP contribution in [0.15, 0.2) is 52.9 Å². The molecule has 0 saturated carbocycles. The molecule has 102 valence electrons. The van der Waals surface area contributed by atoms with Gasteiger partial charge in [-0.05, 0) is 30.3 Å². The molecule has 0 atom stereocenters. The molecule has 2 aromatic carbocycles. The van der Waals surface area contributed by atoms with E-state index in [-0.39, 0.29) is 10.6 Å². The maximum atomic E-state index is 12.2. The molecule has 0 aliphatic heterocycles. The lowest BCUT2D eigenvalue weighted by Crippen LogP contribution is -2.12. The van der Waals surface area contributed by atoms with Gasteiger partial charge in [0.1, 0.15) is 10.6 Å². The molecule has 0 amide bonds. The highest BCUT2D eigenvalue weighted by Gasteiger charge is 2.18. The molecule has 0 bridgehead atoms. The molecule has 2 N–H and O–H groups in total. The molecule has 3 aromatic rings. The van der Waals surface area contributed by atoms with Crippen LogP contribution in [0.5, 0.6) is 5.75 Å². The van der Waals surface area contributed by atoms with E-state index >= 15 is 0 Å². The van der Waals surface area contributed by atoms with Crippen LogP contribution in [0.25, 0.3) is 10.2 Å². The number of anilines is 1. The summed E-state index contributed by atoms with van der Waals surface area (Å²) in [6.07, 6.45) is 0. The van der Waals surface area contributed by atoms with Crippen molar-refractivity contribution in [3.63, 3.8) is 0 Å². The Morgan fingerprint density at radius 3 is 2.75 bits per heavy atom. The van der Waals surface area contributed by atoms with E-state index in [1.165, 1.54) is 23.5 Å². The normalized spacial score (nSPS) is 11.6. The highest BCUT2D eigenvalue weighted by molar-refractivity contribution is 7.92. The number of hydrogen-bond donors (Lipinski definition) is 2. The van der Waals surface area contributed by atoms with Gasteiger partial charge >= 0.3 is 0 Å². The number of nitrogens with zero attached hydrogens (tertiary/aromatic N) is 1. The summed E-state index contributed by atoms with van der Waals surface area (Å²) in [4.78, 5) is 3.98. The lowest BCUT2D eigenvalue weighted by atomic mass is 10.3. The fourth-order valence-corrected chi connectivity index (χ4v) is 3.68. The number of rotatable bonds is 3. The largest absolute Gasteiger partial charge is 0.507 e. The van der Waals surface area contributed by atoms with Gasteiger partial charge in [-0.25, -0.2) is 13.4 Å². The molecule has 7 heteroatoms. The van der Waals surface area contributed by atoms with Crippen LogP contribution in [-0.2, 0) is 10.0 Å². The van der Waals surface area contributed by atoms with Crippen LogP contribution >= 0.6 is 11.3 Å². The van der Waals surface area contributed by atoms with E-state index in [1.807, 2.05) is 0 Å². The van der Waals surface area contributed by atoms with E-state index in [9.17, 15) is 13.5 Å². The van der Waals surface area contributed by atoms with Crippen LogP contribution in [0.1, 0.15) is 0 Å². The smallest absolute Gasteiger partial charge is 0.265 e. The molecule has 20 heavy (non-hydrogen) atoms. The monoisotopic (exact) mass is 306 g/mol. The van der Waals surface area contributed by atoms with Crippen molar-refractivity contribution in [3.8, 4) is 5.75 Å². The van der Waals surface area contributed by atoms with Crippen molar-refractivity contribution in [1.82, 2.24) is 4.98 Å². The number of thiazole rings is 1. The number of aromatic hydroxyl groups is 1. The zero-order chi connectivity index (χ0) is 14.2. The van der Waals surface area contributed by atoms with Crippen molar-refractivity contribution in [2.24, 2.45) is 0 Å². The maximum Gasteiger partial charge on any atom is 0.265 e. The molecule has 0 aliphatic rings. The number of fused-ring (bicyclic) bond motifs is 1. The number of benzene rings is 2. The second-order valence-corrected chi connectivity index (χ2v) is 6.65. The van der Waals surface area contributed by atoms with Crippen LogP contribution in [0.2, 0.25) is 0 Å². The molecule has 5 nitrogen and oxygen atoms in total. The maximum absolute atomic E-state index is 12.2. The van der Waals surface area contributed by atoms with Gasteiger partial charge in [-0.15, -0.1) is 11.3 Å². The third-order valence-corrected chi connectivity index (χ3v) is 4.96. The van der Waals surface area contributed by atoms with Gasteiger partial charge in [-0.3, -0.25) is 4.72 Å². The summed E-state index contributed by atoms with van der Waals surface area (Å²) in [5.41, 5.74) is 2.96. The van der Waals surface area contributed by atoms with E-state index in [1.54, 1.807) is 35.8 Å². The fraction of sp³-hybridized carbons (Fsp3) is 0. The molecule has 0 fully saturated rings. The van der Waals surface area contributed by atoms with Crippen molar-refractivity contribution in [2.45, 2.75) is 4.90 Å². The zero-order valence-electron chi connectivity index (χ0n) is 10.1. The second-order valence-electron chi connectivity index (χ2n) is 4.11. The summed E-state index contributed by atoms with van der Waals surface area (Å²) in [5, 5.41) is 9.64. The molecule has 1 aromatic heterocycles. The fourth-order valence-electron chi connectivity index (χ4n) is 1.81. The third-order valence-electron chi connectivity index (χ3n) is 2.74. The highest BCUT2D eigenvalue weighted by Crippen LogP contribution is 2.26. The third kappa shape index (κ3) is 2.33. The molecule has 1 heterocycles. The van der Waals surface area contributed by atoms with E-state index in [4.69, 9.17) is 0 Å². The molecular weight excluding hydrogens is 296 g/mol. The topological polar surface area (TPSA) is 79.3 Å². The number of phenols is 1. The summed E-state index contributed by atoms with van der Waals surface area (Å²) in [7, 11) is -3.81. The Morgan fingerprint density at radius 1 is 1.15 bits per heavy atom. The Balaban J connectivity index is 1.99. The van der Waals surface area contributed by atoms with E-state index in [2.05, 4.69) is 9.71 Å². The quantitative estimate of drug-likeness (QED) is 0.780. The number of phenolic OH excluding ortho intramolecular Hbond substituents is 1. The van der Waals surface area contributed by atoms with E-state index < -0.39 is 10.0 Å². The molecule has 0 saturated heterocycles. The van der Waals surface area contributed by atoms with Crippen molar-refractivity contribution >= 4 is 37.3 Å². The van der Waals surface area contributed by atoms with Crippen molar-refractivity contribution in [3.05, 3.63) is 48.0 Å². The molecule has 0 aliphatic carbocycles. The summed E-state index contributed by atoms with van der Waals surface area (Å²) in [6.45, 7) is 0. The molecule has 0 radical (unpaired) electrons. The minimum atomic E-state index is -3.81. The number of hydrogen-bond acceptors (Lipinski definition) is 5. The number of sulfonamides is 1. The first-order chi connectivity index (χ1) is 9.56. The zero-order valence-corrected chi connectivity index (χ0v) is 11.8. The van der Waals surface area contributed by atoms with Gasteiger partial charge in [0, 0.05) is 0 Å². The van der Waals surface area contributed by atoms with Crippen LogP contribution in [0.3, 0.4) is 0 Å². The van der Waals surface area contributed by atoms with Crippen molar-refractivity contribution in [1.29, 1.82) is 0 Å². The standard InChI is InChI=1S/C13H10N2O3S2/c16-11-3-1-2-4-13(11)20(17,18)15-9-5-6-10-12(7-9)19-8-14-10/h1-8,15-16H. The van der Waals surface area contributed by atoms with Gasteiger partial charge in [-0.1, -0.05) is 12.1 Å². The van der Waals surface area contributed by atoms with Gasteiger partial charge in [0.05, 0.1) is 21.4 Å². The number of nitrogens with one attached hydrogen (secondary N) is 1. The SMILES string of the molecule is O=S(=O)(Nc1ccc2ncsc2c1)c1ccccc1O. The Morgan fingerprint density at radius 2 is 1.95 bits per heavy atom. The lowest BCUT2D eigenvalue weighted by Gasteiger charge is -2.09. The van der Waals surface area contributed by atoms with Crippen molar-refractivity contribution < 1.29 is 13.5 Å². The van der Waals surface area contributed by atoms with Crippen LogP contribution in [-0.4, -0.2) is 18.5 Å². The van der Waals surface area contributed by atoms with Gasteiger partial charge in [0.15, 0.2) is 0 Å². The average molecular weight is 306 g/mol. The predicted octanol–water partition coefficient (Wildman–Crippen LogP) is 2.80. The second kappa shape index (κ2) is 4.77. The summed E-state index contributed by atoms with van der Waals surface area (Å²) < 4.78 is 27.8. The van der Waals surface area contributed by atoms with Gasteiger partial charge in [-0.2, -0.15) is 0 Å². The molecule has 3 rings (SSSR count). The Labute approximate surface area is 119 Å². The van der Waals surface area contributed by atoms with Gasteiger partial charge in [0.25, 0.3) is 10.0 Å². The van der Waals surface area contributed by atoms with E-state index in [0.29, 0.717) is 5.69 Å². The lowest BCUT2D eigenvalue weighted by molar-refractivity contribution is 0.459. The minimum Gasteiger partial charge on any atom is -0.507 e. The molecule has 0 unspecified atom stereocenters. The minimum absolute atomic E-state index is 0.149. The number of para-hydroxylation sites is 1. The highest BCUT2D eigenvalue weighted by atomic mass is 32.2. The average Bonchev–Trinajstić information content (AvgIpc) is 2.86. The van der Waals surface area contributed by atoms with Crippen LogP contribution in [0, 0.1) is 0 Å². The Kier molecular flexibility index (Phi) is 3.07. The van der Waals surface area contributed by atoms with Crippen LogP contribution < -0.4 is 4.72 Å². The number of aromatic nitrogens is 1. The molecule has 0 spiro atoms. The first kappa shape index (κ1) is 12.9. The molecular formula is C13H10N2O3S2. The predicted molar refractivity (Wildman–Crippen MR) is 78.5 cm³/mol. The van der Waals surface area contributed by atoms with E-state index in [0.717, 1.165) is 10.2 Å². The Hall–Kier alpha value is -2.12. The van der Waals surface area contributed by atoms with Gasteiger partial charge in [0.2, 0.25) is 0 Å².